The third-order valence-corrected chi connectivity index (χ3v) is 3.95. The van der Waals surface area contributed by atoms with Crippen molar-refractivity contribution in [3.8, 4) is 0 Å². The second-order valence-electron chi connectivity index (χ2n) is 5.44. The minimum absolute atomic E-state index is 0.455. The van der Waals surface area contributed by atoms with Gasteiger partial charge in [0.15, 0.2) is 0 Å². The second kappa shape index (κ2) is 5.01. The third kappa shape index (κ3) is 2.85. The number of benzene rings is 1. The Labute approximate surface area is 99.3 Å². The average molecular weight is 217 g/mol. The largest absolute Gasteiger partial charge is 0.311 e. The van der Waals surface area contributed by atoms with Crippen LogP contribution < -0.4 is 5.32 Å². The van der Waals surface area contributed by atoms with Crippen molar-refractivity contribution in [2.45, 2.75) is 51.0 Å². The van der Waals surface area contributed by atoms with Gasteiger partial charge in [-0.2, -0.15) is 0 Å². The van der Waals surface area contributed by atoms with Crippen LogP contribution in [-0.4, -0.2) is 12.1 Å². The lowest BCUT2D eigenvalue weighted by molar-refractivity contribution is 0.207. The Balaban J connectivity index is 1.74. The van der Waals surface area contributed by atoms with Gasteiger partial charge < -0.3 is 5.32 Å². The molecular formula is C15H23N. The van der Waals surface area contributed by atoms with Crippen LogP contribution in [0.5, 0.6) is 0 Å². The van der Waals surface area contributed by atoms with E-state index in [1.54, 1.807) is 0 Å². The van der Waals surface area contributed by atoms with Crippen LogP contribution in [0.1, 0.15) is 51.0 Å². The Morgan fingerprint density at radius 2 is 1.94 bits per heavy atom. The maximum atomic E-state index is 3.70. The van der Waals surface area contributed by atoms with E-state index in [4.69, 9.17) is 0 Å². The van der Waals surface area contributed by atoms with Crippen molar-refractivity contribution in [1.29, 1.82) is 0 Å². The van der Waals surface area contributed by atoms with E-state index in [1.807, 2.05) is 0 Å². The standard InChI is InChI=1S/C15H23N/c1-13(14-7-4-3-5-8-14)9-12-16-15(2)10-6-11-15/h3-5,7-8,13,16H,6,9-12H2,1-2H3. The average Bonchev–Trinajstić information content (AvgIpc) is 2.28. The van der Waals surface area contributed by atoms with Crippen LogP contribution in [-0.2, 0) is 0 Å². The van der Waals surface area contributed by atoms with Crippen molar-refractivity contribution in [2.24, 2.45) is 0 Å². The number of nitrogens with one attached hydrogen (secondary N) is 1. The van der Waals surface area contributed by atoms with Crippen LogP contribution in [0.15, 0.2) is 30.3 Å². The molecule has 1 nitrogen and oxygen atoms in total. The fraction of sp³-hybridized carbons (Fsp3) is 0.600. The van der Waals surface area contributed by atoms with Gasteiger partial charge in [-0.3, -0.25) is 0 Å². The van der Waals surface area contributed by atoms with E-state index in [9.17, 15) is 0 Å². The third-order valence-electron chi connectivity index (χ3n) is 3.95. The van der Waals surface area contributed by atoms with Crippen molar-refractivity contribution >= 4 is 0 Å². The van der Waals surface area contributed by atoms with Gasteiger partial charge in [0.25, 0.3) is 0 Å². The molecule has 1 fully saturated rings. The van der Waals surface area contributed by atoms with E-state index in [0.717, 1.165) is 6.54 Å². The SMILES string of the molecule is CC(CCNC1(C)CCC1)c1ccccc1. The van der Waals surface area contributed by atoms with Gasteiger partial charge in [0, 0.05) is 5.54 Å². The zero-order valence-electron chi connectivity index (χ0n) is 10.5. The van der Waals surface area contributed by atoms with Gasteiger partial charge in [-0.05, 0) is 50.6 Å². The fourth-order valence-corrected chi connectivity index (χ4v) is 2.42. The number of hydrogen-bond acceptors (Lipinski definition) is 1. The highest BCUT2D eigenvalue weighted by Gasteiger charge is 2.30. The van der Waals surface area contributed by atoms with Crippen LogP contribution in [0.25, 0.3) is 0 Å². The van der Waals surface area contributed by atoms with Crippen LogP contribution >= 0.6 is 0 Å². The Bertz CT molecular complexity index is 313. The molecule has 0 spiro atoms. The van der Waals surface area contributed by atoms with Crippen molar-refractivity contribution in [3.05, 3.63) is 35.9 Å². The molecule has 2 rings (SSSR count). The van der Waals surface area contributed by atoms with Crippen LogP contribution in [0.3, 0.4) is 0 Å². The van der Waals surface area contributed by atoms with Crippen molar-refractivity contribution in [3.63, 3.8) is 0 Å². The second-order valence-corrected chi connectivity index (χ2v) is 5.44. The maximum Gasteiger partial charge on any atom is 0.0153 e. The molecule has 0 heterocycles. The predicted molar refractivity (Wildman–Crippen MR) is 69.7 cm³/mol. The summed E-state index contributed by atoms with van der Waals surface area (Å²) in [5.41, 5.74) is 1.92. The van der Waals surface area contributed by atoms with Crippen LogP contribution in [0, 0.1) is 0 Å². The summed E-state index contributed by atoms with van der Waals surface area (Å²) < 4.78 is 0. The molecule has 0 bridgehead atoms. The van der Waals surface area contributed by atoms with Crippen molar-refractivity contribution in [1.82, 2.24) is 5.32 Å². The molecular weight excluding hydrogens is 194 g/mol. The summed E-state index contributed by atoms with van der Waals surface area (Å²) in [7, 11) is 0. The lowest BCUT2D eigenvalue weighted by Crippen LogP contribution is -2.48. The molecule has 1 unspecified atom stereocenters. The summed E-state index contributed by atoms with van der Waals surface area (Å²) in [6.07, 6.45) is 5.34. The zero-order valence-corrected chi connectivity index (χ0v) is 10.5. The summed E-state index contributed by atoms with van der Waals surface area (Å²) in [6.45, 7) is 5.82. The lowest BCUT2D eigenvalue weighted by Gasteiger charge is -2.39. The molecule has 0 radical (unpaired) electrons. The summed E-state index contributed by atoms with van der Waals surface area (Å²) in [4.78, 5) is 0. The molecule has 0 amide bonds. The minimum Gasteiger partial charge on any atom is -0.311 e. The van der Waals surface area contributed by atoms with Gasteiger partial charge in [0.05, 0.1) is 0 Å². The van der Waals surface area contributed by atoms with Gasteiger partial charge in [0.2, 0.25) is 0 Å². The van der Waals surface area contributed by atoms with E-state index >= 15 is 0 Å². The first kappa shape index (κ1) is 11.7. The van der Waals surface area contributed by atoms with Crippen molar-refractivity contribution < 1.29 is 0 Å². The smallest absolute Gasteiger partial charge is 0.0153 e. The Morgan fingerprint density at radius 1 is 1.25 bits per heavy atom. The number of rotatable bonds is 5. The van der Waals surface area contributed by atoms with Crippen molar-refractivity contribution in [2.75, 3.05) is 6.54 Å². The summed E-state index contributed by atoms with van der Waals surface area (Å²) >= 11 is 0. The summed E-state index contributed by atoms with van der Waals surface area (Å²) in [5, 5.41) is 3.70. The summed E-state index contributed by atoms with van der Waals surface area (Å²) in [5.74, 6) is 0.664. The topological polar surface area (TPSA) is 12.0 Å². The molecule has 0 aliphatic heterocycles. The van der Waals surface area contributed by atoms with Gasteiger partial charge in [-0.25, -0.2) is 0 Å². The van der Waals surface area contributed by atoms with E-state index in [0.29, 0.717) is 11.5 Å². The molecule has 1 aromatic rings. The van der Waals surface area contributed by atoms with Gasteiger partial charge in [0.1, 0.15) is 0 Å². The molecule has 0 aromatic heterocycles. The molecule has 1 heteroatoms. The predicted octanol–water partition coefficient (Wildman–Crippen LogP) is 3.71. The monoisotopic (exact) mass is 217 g/mol. The summed E-state index contributed by atoms with van der Waals surface area (Å²) in [6, 6.07) is 10.8. The highest BCUT2D eigenvalue weighted by atomic mass is 15.0. The number of hydrogen-bond donors (Lipinski definition) is 1. The van der Waals surface area contributed by atoms with E-state index < -0.39 is 0 Å². The quantitative estimate of drug-likeness (QED) is 0.792. The van der Waals surface area contributed by atoms with E-state index in [-0.39, 0.29) is 0 Å². The Kier molecular flexibility index (Phi) is 3.65. The fourth-order valence-electron chi connectivity index (χ4n) is 2.42. The minimum atomic E-state index is 0.455. The highest BCUT2D eigenvalue weighted by molar-refractivity contribution is 5.18. The molecule has 1 N–H and O–H groups in total. The van der Waals surface area contributed by atoms with Gasteiger partial charge in [-0.15, -0.1) is 0 Å². The normalized spacial score (nSPS) is 20.1. The Morgan fingerprint density at radius 3 is 2.50 bits per heavy atom. The van der Waals surface area contributed by atoms with E-state index in [2.05, 4.69) is 49.5 Å². The first-order valence-corrected chi connectivity index (χ1v) is 6.50. The Hall–Kier alpha value is -0.820. The molecule has 1 atom stereocenters. The van der Waals surface area contributed by atoms with E-state index in [1.165, 1.54) is 31.2 Å². The molecule has 88 valence electrons. The molecule has 1 aromatic carbocycles. The highest BCUT2D eigenvalue weighted by Crippen LogP contribution is 2.31. The molecule has 0 saturated heterocycles. The molecule has 16 heavy (non-hydrogen) atoms. The van der Waals surface area contributed by atoms with Gasteiger partial charge >= 0.3 is 0 Å². The maximum absolute atomic E-state index is 3.70. The lowest BCUT2D eigenvalue weighted by atomic mass is 9.78. The zero-order chi connectivity index (χ0) is 11.4. The first-order chi connectivity index (χ1) is 7.70. The van der Waals surface area contributed by atoms with Crippen LogP contribution in [0.4, 0.5) is 0 Å². The molecule has 1 aliphatic carbocycles. The molecule has 1 aliphatic rings. The van der Waals surface area contributed by atoms with Gasteiger partial charge in [-0.1, -0.05) is 37.3 Å². The first-order valence-electron chi connectivity index (χ1n) is 6.50. The van der Waals surface area contributed by atoms with Crippen LogP contribution in [0.2, 0.25) is 0 Å². The molecule has 1 saturated carbocycles.